The lowest BCUT2D eigenvalue weighted by Crippen LogP contribution is -2.43. The predicted molar refractivity (Wildman–Crippen MR) is 93.8 cm³/mol. The molecule has 0 saturated carbocycles. The van der Waals surface area contributed by atoms with Gasteiger partial charge in [-0.3, -0.25) is 14.9 Å². The molecular weight excluding hydrogens is 336 g/mol. The number of ether oxygens (including phenoxy) is 1. The zero-order chi connectivity index (χ0) is 19.1. The van der Waals surface area contributed by atoms with Gasteiger partial charge in [-0.25, -0.2) is 9.59 Å². The molecule has 7 nitrogen and oxygen atoms in total. The van der Waals surface area contributed by atoms with E-state index in [1.807, 2.05) is 11.4 Å². The molecule has 0 radical (unpaired) electrons. The first-order valence-corrected chi connectivity index (χ1v) is 7.85. The Morgan fingerprint density at radius 2 is 1.38 bits per heavy atom. The molecule has 7 heteroatoms. The van der Waals surface area contributed by atoms with Crippen LogP contribution in [0.4, 0.5) is 4.79 Å². The summed E-state index contributed by atoms with van der Waals surface area (Å²) in [4.78, 5) is 47.2. The molecule has 2 rings (SSSR count). The molecule has 2 N–H and O–H groups in total. The Hall–Kier alpha value is -3.48. The summed E-state index contributed by atoms with van der Waals surface area (Å²) in [5.41, 5.74) is 1.16. The molecule has 0 fully saturated rings. The molecule has 0 bridgehead atoms. The molecular formula is C19H18N2O5. The Kier molecular flexibility index (Phi) is 6.21. The Morgan fingerprint density at radius 1 is 0.846 bits per heavy atom. The molecule has 0 aliphatic carbocycles. The first kappa shape index (κ1) is 18.9. The second-order valence-electron chi connectivity index (χ2n) is 5.39. The van der Waals surface area contributed by atoms with E-state index < -0.39 is 24.0 Å². The normalized spacial score (nSPS) is 11.2. The number of nitrogens with one attached hydrogen (secondary N) is 2. The number of esters is 1. The van der Waals surface area contributed by atoms with E-state index in [0.29, 0.717) is 11.1 Å². The van der Waals surface area contributed by atoms with Gasteiger partial charge in [-0.2, -0.15) is 0 Å². The maximum absolute atomic E-state index is 12.3. The fraction of sp³-hybridized carbons (Fsp3) is 0.158. The maximum Gasteiger partial charge on any atom is 0.338 e. The van der Waals surface area contributed by atoms with Gasteiger partial charge >= 0.3 is 12.0 Å². The molecule has 0 unspecified atom stereocenters. The fourth-order valence-corrected chi connectivity index (χ4v) is 2.07. The van der Waals surface area contributed by atoms with Crippen LogP contribution in [-0.4, -0.2) is 36.8 Å². The topological polar surface area (TPSA) is 102 Å². The van der Waals surface area contributed by atoms with E-state index in [1.165, 1.54) is 38.2 Å². The second kappa shape index (κ2) is 8.57. The molecule has 3 amide bonds. The van der Waals surface area contributed by atoms with Crippen LogP contribution in [0.5, 0.6) is 0 Å². The van der Waals surface area contributed by atoms with Crippen molar-refractivity contribution in [1.82, 2.24) is 10.6 Å². The summed E-state index contributed by atoms with van der Waals surface area (Å²) >= 11 is 0. The largest absolute Gasteiger partial charge is 0.449 e. The lowest BCUT2D eigenvalue weighted by atomic mass is 10.0. The zero-order valence-corrected chi connectivity index (χ0v) is 14.3. The predicted octanol–water partition coefficient (Wildman–Crippen LogP) is 1.92. The van der Waals surface area contributed by atoms with Gasteiger partial charge in [-0.15, -0.1) is 0 Å². The zero-order valence-electron chi connectivity index (χ0n) is 14.3. The van der Waals surface area contributed by atoms with Crippen molar-refractivity contribution >= 4 is 23.7 Å². The van der Waals surface area contributed by atoms with E-state index in [1.54, 1.807) is 24.3 Å². The standard InChI is InChI=1S/C19H18N2O5/c1-12(17(23)21-19(25)20-2)26-18(24)15-10-8-14(9-11-15)16(22)13-6-4-3-5-7-13/h3-12H,1-2H3,(H2,20,21,23,25)/t12-/m1/s1. The van der Waals surface area contributed by atoms with Crippen molar-refractivity contribution in [3.8, 4) is 0 Å². The van der Waals surface area contributed by atoms with E-state index in [4.69, 9.17) is 4.74 Å². The van der Waals surface area contributed by atoms with Gasteiger partial charge in [0.1, 0.15) is 0 Å². The van der Waals surface area contributed by atoms with Gasteiger partial charge in [-0.1, -0.05) is 42.5 Å². The highest BCUT2D eigenvalue weighted by Crippen LogP contribution is 2.12. The van der Waals surface area contributed by atoms with E-state index in [2.05, 4.69) is 5.32 Å². The van der Waals surface area contributed by atoms with E-state index >= 15 is 0 Å². The van der Waals surface area contributed by atoms with Gasteiger partial charge < -0.3 is 10.1 Å². The maximum atomic E-state index is 12.3. The van der Waals surface area contributed by atoms with Crippen LogP contribution in [0, 0.1) is 0 Å². The minimum Gasteiger partial charge on any atom is -0.449 e. The monoisotopic (exact) mass is 354 g/mol. The van der Waals surface area contributed by atoms with E-state index in [-0.39, 0.29) is 11.3 Å². The highest BCUT2D eigenvalue weighted by Gasteiger charge is 2.20. The first-order chi connectivity index (χ1) is 12.4. The molecule has 1 atom stereocenters. The summed E-state index contributed by atoms with van der Waals surface area (Å²) in [7, 11) is 1.36. The average Bonchev–Trinajstić information content (AvgIpc) is 2.67. The van der Waals surface area contributed by atoms with Gasteiger partial charge in [0.05, 0.1) is 5.56 Å². The summed E-state index contributed by atoms with van der Waals surface area (Å²) in [5.74, 6) is -1.64. The minimum absolute atomic E-state index is 0.163. The van der Waals surface area contributed by atoms with Gasteiger partial charge in [0, 0.05) is 18.2 Å². The summed E-state index contributed by atoms with van der Waals surface area (Å²) in [5, 5.41) is 4.24. The molecule has 0 spiro atoms. The number of amides is 3. The highest BCUT2D eigenvalue weighted by atomic mass is 16.5. The Morgan fingerprint density at radius 3 is 1.96 bits per heavy atom. The van der Waals surface area contributed by atoms with Crippen LogP contribution in [-0.2, 0) is 9.53 Å². The third kappa shape index (κ3) is 4.76. The number of hydrogen-bond donors (Lipinski definition) is 2. The number of rotatable bonds is 5. The Bertz CT molecular complexity index is 816. The molecule has 0 aliphatic heterocycles. The van der Waals surface area contributed by atoms with Crippen molar-refractivity contribution in [2.45, 2.75) is 13.0 Å². The van der Waals surface area contributed by atoms with Crippen molar-refractivity contribution < 1.29 is 23.9 Å². The van der Waals surface area contributed by atoms with Gasteiger partial charge in [0.2, 0.25) is 0 Å². The average molecular weight is 354 g/mol. The first-order valence-electron chi connectivity index (χ1n) is 7.85. The number of imide groups is 1. The van der Waals surface area contributed by atoms with Crippen LogP contribution in [0.3, 0.4) is 0 Å². The summed E-state index contributed by atoms with van der Waals surface area (Å²) < 4.78 is 5.01. The van der Waals surface area contributed by atoms with Crippen LogP contribution in [0.1, 0.15) is 33.2 Å². The Labute approximate surface area is 150 Å². The molecule has 2 aromatic rings. The number of carbonyl (C=O) groups is 4. The lowest BCUT2D eigenvalue weighted by Gasteiger charge is -2.12. The smallest absolute Gasteiger partial charge is 0.338 e. The van der Waals surface area contributed by atoms with Crippen LogP contribution in [0.2, 0.25) is 0 Å². The molecule has 0 heterocycles. The number of hydrogen-bond acceptors (Lipinski definition) is 5. The van der Waals surface area contributed by atoms with Crippen LogP contribution < -0.4 is 10.6 Å². The summed E-state index contributed by atoms with van der Waals surface area (Å²) in [6, 6.07) is 14.0. The van der Waals surface area contributed by atoms with Crippen molar-refractivity contribution in [1.29, 1.82) is 0 Å². The fourth-order valence-electron chi connectivity index (χ4n) is 2.07. The number of urea groups is 1. The molecule has 0 aliphatic rings. The van der Waals surface area contributed by atoms with Gasteiger partial charge in [-0.05, 0) is 19.1 Å². The summed E-state index contributed by atoms with van der Waals surface area (Å²) in [6.07, 6.45) is -1.15. The summed E-state index contributed by atoms with van der Waals surface area (Å²) in [6.45, 7) is 1.35. The van der Waals surface area contributed by atoms with Crippen LogP contribution in [0.15, 0.2) is 54.6 Å². The highest BCUT2D eigenvalue weighted by molar-refractivity contribution is 6.09. The second-order valence-corrected chi connectivity index (χ2v) is 5.39. The van der Waals surface area contributed by atoms with E-state index in [9.17, 15) is 19.2 Å². The third-order valence-electron chi connectivity index (χ3n) is 3.54. The molecule has 2 aromatic carbocycles. The SMILES string of the molecule is CNC(=O)NC(=O)[C@@H](C)OC(=O)c1ccc(C(=O)c2ccccc2)cc1. The number of ketones is 1. The molecule has 26 heavy (non-hydrogen) atoms. The van der Waals surface area contributed by atoms with Crippen LogP contribution in [0.25, 0.3) is 0 Å². The van der Waals surface area contributed by atoms with E-state index in [0.717, 1.165) is 0 Å². The molecule has 0 aromatic heterocycles. The quantitative estimate of drug-likeness (QED) is 0.631. The van der Waals surface area contributed by atoms with Crippen LogP contribution >= 0.6 is 0 Å². The third-order valence-corrected chi connectivity index (χ3v) is 3.54. The minimum atomic E-state index is -1.15. The van der Waals surface area contributed by atoms with Crippen molar-refractivity contribution in [3.63, 3.8) is 0 Å². The Balaban J connectivity index is 2.01. The van der Waals surface area contributed by atoms with Gasteiger partial charge in [0.25, 0.3) is 5.91 Å². The molecule has 134 valence electrons. The lowest BCUT2D eigenvalue weighted by molar-refractivity contribution is -0.127. The molecule has 0 saturated heterocycles. The number of benzene rings is 2. The van der Waals surface area contributed by atoms with Crippen molar-refractivity contribution in [2.24, 2.45) is 0 Å². The van der Waals surface area contributed by atoms with Crippen molar-refractivity contribution in [2.75, 3.05) is 7.05 Å². The number of carbonyl (C=O) groups excluding carboxylic acids is 4. The van der Waals surface area contributed by atoms with Gasteiger partial charge in [0.15, 0.2) is 11.9 Å². The van der Waals surface area contributed by atoms with Crippen molar-refractivity contribution in [3.05, 3.63) is 71.3 Å².